The van der Waals surface area contributed by atoms with Crippen molar-refractivity contribution in [2.24, 2.45) is 7.05 Å². The molecule has 1 N–H and O–H groups in total. The number of amides is 1. The van der Waals surface area contributed by atoms with Crippen molar-refractivity contribution in [1.29, 1.82) is 0 Å². The van der Waals surface area contributed by atoms with E-state index in [1.54, 1.807) is 29.9 Å². The molecule has 0 saturated carbocycles. The Kier molecular flexibility index (Phi) is 4.44. The van der Waals surface area contributed by atoms with E-state index in [1.807, 2.05) is 18.2 Å². The normalized spacial score (nSPS) is 10.7. The number of anilines is 1. The molecule has 8 heteroatoms. The number of hydrogen-bond acceptors (Lipinski definition) is 5. The minimum Gasteiger partial charge on any atom is -0.451 e. The van der Waals surface area contributed by atoms with E-state index in [0.717, 1.165) is 14.7 Å². The highest BCUT2D eigenvalue weighted by Gasteiger charge is 2.14. The van der Waals surface area contributed by atoms with Crippen LogP contribution in [0, 0.1) is 0 Å². The lowest BCUT2D eigenvalue weighted by Crippen LogP contribution is -2.21. The summed E-state index contributed by atoms with van der Waals surface area (Å²) in [6.07, 6.45) is 1.73. The lowest BCUT2D eigenvalue weighted by atomic mass is 10.3. The number of hydrogen-bond donors (Lipinski definition) is 1. The van der Waals surface area contributed by atoms with E-state index in [9.17, 15) is 9.59 Å². The number of carbonyl (C=O) groups excluding carboxylic acids is 2. The summed E-state index contributed by atoms with van der Waals surface area (Å²) < 4.78 is 8.52. The average Bonchev–Trinajstić information content (AvgIpc) is 3.10. The van der Waals surface area contributed by atoms with Crippen LogP contribution in [0.2, 0.25) is 0 Å². The van der Waals surface area contributed by atoms with Gasteiger partial charge in [0.15, 0.2) is 11.7 Å². The smallest absolute Gasteiger partial charge is 0.355 e. The molecule has 2 aromatic heterocycles. The van der Waals surface area contributed by atoms with E-state index >= 15 is 0 Å². The Morgan fingerprint density at radius 2 is 2.22 bits per heavy atom. The standard InChI is InChI=1S/C15H12BrN3O3S/c1-19-6-2-3-11(19)14(21)22-8-13(20)18-15-17-10-5-4-9(16)7-12(10)23-15/h2-7H,8H2,1H3,(H,17,18,20). The van der Waals surface area contributed by atoms with Crippen LogP contribution in [0.25, 0.3) is 10.2 Å². The van der Waals surface area contributed by atoms with E-state index in [1.165, 1.54) is 11.3 Å². The molecule has 118 valence electrons. The second-order valence-electron chi connectivity index (χ2n) is 4.76. The molecule has 0 spiro atoms. The van der Waals surface area contributed by atoms with Gasteiger partial charge in [0, 0.05) is 17.7 Å². The number of nitrogens with one attached hydrogen (secondary N) is 1. The number of aromatic nitrogens is 2. The number of rotatable bonds is 4. The van der Waals surface area contributed by atoms with Crippen molar-refractivity contribution in [2.45, 2.75) is 0 Å². The van der Waals surface area contributed by atoms with Crippen LogP contribution in [0.4, 0.5) is 5.13 Å². The number of halogens is 1. The van der Waals surface area contributed by atoms with Gasteiger partial charge in [-0.1, -0.05) is 27.3 Å². The van der Waals surface area contributed by atoms with E-state index in [-0.39, 0.29) is 6.61 Å². The third-order valence-electron chi connectivity index (χ3n) is 3.08. The fourth-order valence-electron chi connectivity index (χ4n) is 1.99. The van der Waals surface area contributed by atoms with Gasteiger partial charge in [0.2, 0.25) is 0 Å². The molecule has 6 nitrogen and oxygen atoms in total. The van der Waals surface area contributed by atoms with Gasteiger partial charge >= 0.3 is 5.97 Å². The molecular formula is C15H12BrN3O3S. The predicted molar refractivity (Wildman–Crippen MR) is 91.6 cm³/mol. The topological polar surface area (TPSA) is 73.2 Å². The second kappa shape index (κ2) is 6.51. The van der Waals surface area contributed by atoms with Crippen LogP contribution >= 0.6 is 27.3 Å². The second-order valence-corrected chi connectivity index (χ2v) is 6.71. The van der Waals surface area contributed by atoms with E-state index in [4.69, 9.17) is 4.74 Å². The van der Waals surface area contributed by atoms with Gasteiger partial charge in [0.05, 0.1) is 10.2 Å². The van der Waals surface area contributed by atoms with Crippen molar-refractivity contribution in [3.05, 3.63) is 46.7 Å². The molecule has 0 saturated heterocycles. The molecule has 0 aliphatic carbocycles. The van der Waals surface area contributed by atoms with Crippen LogP contribution in [0.5, 0.6) is 0 Å². The summed E-state index contributed by atoms with van der Waals surface area (Å²) in [5.74, 6) is -0.966. The maximum Gasteiger partial charge on any atom is 0.355 e. The molecule has 0 aliphatic heterocycles. The van der Waals surface area contributed by atoms with E-state index < -0.39 is 11.9 Å². The number of esters is 1. The Balaban J connectivity index is 1.60. The van der Waals surface area contributed by atoms with Gasteiger partial charge in [-0.25, -0.2) is 9.78 Å². The Labute approximate surface area is 144 Å². The lowest BCUT2D eigenvalue weighted by molar-refractivity contribution is -0.119. The van der Waals surface area contributed by atoms with Gasteiger partial charge in [-0.15, -0.1) is 0 Å². The Bertz CT molecular complexity index is 887. The zero-order chi connectivity index (χ0) is 16.4. The maximum atomic E-state index is 11.9. The van der Waals surface area contributed by atoms with E-state index in [0.29, 0.717) is 10.8 Å². The van der Waals surface area contributed by atoms with Gasteiger partial charge in [0.1, 0.15) is 5.69 Å². The first kappa shape index (κ1) is 15.7. The monoisotopic (exact) mass is 393 g/mol. The molecule has 0 atom stereocenters. The summed E-state index contributed by atoms with van der Waals surface area (Å²) in [5.41, 5.74) is 1.19. The molecule has 1 amide bonds. The third-order valence-corrected chi connectivity index (χ3v) is 4.51. The quantitative estimate of drug-likeness (QED) is 0.690. The first-order valence-electron chi connectivity index (χ1n) is 6.67. The average molecular weight is 394 g/mol. The lowest BCUT2D eigenvalue weighted by Gasteiger charge is -2.05. The summed E-state index contributed by atoms with van der Waals surface area (Å²) in [4.78, 5) is 28.0. The number of carbonyl (C=O) groups is 2. The summed E-state index contributed by atoms with van der Waals surface area (Å²) in [6, 6.07) is 9.04. The molecule has 3 rings (SSSR count). The van der Waals surface area contributed by atoms with Crippen molar-refractivity contribution in [1.82, 2.24) is 9.55 Å². The van der Waals surface area contributed by atoms with Crippen LogP contribution in [0.1, 0.15) is 10.5 Å². The maximum absolute atomic E-state index is 11.9. The number of thiazole rings is 1. The molecule has 0 radical (unpaired) electrons. The van der Waals surface area contributed by atoms with Crippen molar-refractivity contribution in [3.8, 4) is 0 Å². The Morgan fingerprint density at radius 3 is 2.96 bits per heavy atom. The Morgan fingerprint density at radius 1 is 1.39 bits per heavy atom. The fourth-order valence-corrected chi connectivity index (χ4v) is 3.42. The molecular weight excluding hydrogens is 382 g/mol. The first-order valence-corrected chi connectivity index (χ1v) is 8.28. The Hall–Kier alpha value is -2.19. The molecule has 0 bridgehead atoms. The summed E-state index contributed by atoms with van der Waals surface area (Å²) in [5, 5.41) is 3.11. The predicted octanol–water partition coefficient (Wildman–Crippen LogP) is 3.19. The SMILES string of the molecule is Cn1cccc1C(=O)OCC(=O)Nc1nc2ccc(Br)cc2s1. The van der Waals surface area contributed by atoms with Gasteiger partial charge in [-0.2, -0.15) is 0 Å². The molecule has 2 heterocycles. The van der Waals surface area contributed by atoms with Crippen molar-refractivity contribution < 1.29 is 14.3 Å². The molecule has 0 fully saturated rings. The molecule has 1 aromatic carbocycles. The van der Waals surface area contributed by atoms with Gasteiger partial charge in [0.25, 0.3) is 5.91 Å². The number of fused-ring (bicyclic) bond motifs is 1. The largest absolute Gasteiger partial charge is 0.451 e. The molecule has 23 heavy (non-hydrogen) atoms. The third kappa shape index (κ3) is 3.59. The van der Waals surface area contributed by atoms with Crippen molar-refractivity contribution >= 4 is 54.5 Å². The van der Waals surface area contributed by atoms with Crippen LogP contribution < -0.4 is 5.32 Å². The van der Waals surface area contributed by atoms with Crippen LogP contribution in [0.15, 0.2) is 41.0 Å². The fraction of sp³-hybridized carbons (Fsp3) is 0.133. The van der Waals surface area contributed by atoms with E-state index in [2.05, 4.69) is 26.2 Å². The summed E-state index contributed by atoms with van der Waals surface area (Å²) in [7, 11) is 1.73. The minimum absolute atomic E-state index is 0.358. The summed E-state index contributed by atoms with van der Waals surface area (Å²) >= 11 is 4.75. The van der Waals surface area contributed by atoms with Gasteiger partial charge in [-0.3, -0.25) is 10.1 Å². The van der Waals surface area contributed by atoms with Crippen LogP contribution in [0.3, 0.4) is 0 Å². The molecule has 0 unspecified atom stereocenters. The number of ether oxygens (including phenoxy) is 1. The zero-order valence-electron chi connectivity index (χ0n) is 12.1. The van der Waals surface area contributed by atoms with Gasteiger partial charge in [-0.05, 0) is 30.3 Å². The highest BCUT2D eigenvalue weighted by molar-refractivity contribution is 9.10. The van der Waals surface area contributed by atoms with Crippen LogP contribution in [-0.2, 0) is 16.6 Å². The van der Waals surface area contributed by atoms with Crippen LogP contribution in [-0.4, -0.2) is 28.0 Å². The highest BCUT2D eigenvalue weighted by Crippen LogP contribution is 2.28. The minimum atomic E-state index is -0.541. The number of benzene rings is 1. The van der Waals surface area contributed by atoms with Gasteiger partial charge < -0.3 is 9.30 Å². The summed E-state index contributed by atoms with van der Waals surface area (Å²) in [6.45, 7) is -0.358. The van der Waals surface area contributed by atoms with Crippen molar-refractivity contribution in [3.63, 3.8) is 0 Å². The first-order chi connectivity index (χ1) is 11.0. The number of aryl methyl sites for hydroxylation is 1. The molecule has 0 aliphatic rings. The van der Waals surface area contributed by atoms with Crippen molar-refractivity contribution in [2.75, 3.05) is 11.9 Å². The highest BCUT2D eigenvalue weighted by atomic mass is 79.9. The zero-order valence-corrected chi connectivity index (χ0v) is 14.5. The number of nitrogens with zero attached hydrogens (tertiary/aromatic N) is 2. The molecule has 3 aromatic rings.